The van der Waals surface area contributed by atoms with Crippen molar-refractivity contribution in [3.05, 3.63) is 35.9 Å². The average molecular weight is 401 g/mol. The Morgan fingerprint density at radius 3 is 2.54 bits per heavy atom. The zero-order chi connectivity index (χ0) is 20.1. The molecule has 1 saturated heterocycles. The Morgan fingerprint density at radius 2 is 1.89 bits per heavy atom. The maximum Gasteiger partial charge on any atom is 0.258 e. The third kappa shape index (κ3) is 3.06. The summed E-state index contributed by atoms with van der Waals surface area (Å²) in [6.45, 7) is 3.25. The highest BCUT2D eigenvalue weighted by Crippen LogP contribution is 2.40. The number of sulfonamides is 1. The Bertz CT molecular complexity index is 1070. The molecule has 2 amide bonds. The zero-order valence-corrected chi connectivity index (χ0v) is 16.8. The van der Waals surface area contributed by atoms with Gasteiger partial charge in [0.2, 0.25) is 15.9 Å². The molecule has 1 fully saturated rings. The molecular formula is C20H23N3O4S. The molecule has 0 unspecified atom stereocenters. The van der Waals surface area contributed by atoms with Crippen molar-refractivity contribution < 1.29 is 18.0 Å². The van der Waals surface area contributed by atoms with Crippen LogP contribution in [0, 0.1) is 5.92 Å². The first-order valence-corrected chi connectivity index (χ1v) is 11.3. The van der Waals surface area contributed by atoms with Gasteiger partial charge in [-0.3, -0.25) is 9.59 Å². The molecule has 2 heterocycles. The fraction of sp³-hybridized carbons (Fsp3) is 0.400. The Morgan fingerprint density at radius 1 is 1.18 bits per heavy atom. The van der Waals surface area contributed by atoms with E-state index >= 15 is 0 Å². The van der Waals surface area contributed by atoms with E-state index in [1.54, 1.807) is 4.90 Å². The molecular weight excluding hydrogens is 378 g/mol. The Kier molecular flexibility index (Phi) is 4.63. The maximum atomic E-state index is 12.8. The number of hydrogen-bond donors (Lipinski definition) is 1. The van der Waals surface area contributed by atoms with E-state index in [0.717, 1.165) is 16.5 Å². The van der Waals surface area contributed by atoms with Crippen LogP contribution in [0.2, 0.25) is 0 Å². The fourth-order valence-corrected chi connectivity index (χ4v) is 5.03. The lowest BCUT2D eigenvalue weighted by Crippen LogP contribution is -2.40. The van der Waals surface area contributed by atoms with Gasteiger partial charge in [-0.15, -0.1) is 0 Å². The van der Waals surface area contributed by atoms with Crippen LogP contribution in [0.4, 0.5) is 11.4 Å². The first kappa shape index (κ1) is 18.9. The van der Waals surface area contributed by atoms with Crippen molar-refractivity contribution in [1.82, 2.24) is 4.31 Å². The Balaban J connectivity index is 1.58. The number of amides is 2. The number of rotatable bonds is 4. The van der Waals surface area contributed by atoms with Gasteiger partial charge < -0.3 is 10.2 Å². The summed E-state index contributed by atoms with van der Waals surface area (Å²) in [4.78, 5) is 27.1. The molecule has 148 valence electrons. The second-order valence-corrected chi connectivity index (χ2v) is 9.32. The van der Waals surface area contributed by atoms with Gasteiger partial charge in [0.25, 0.3) is 5.91 Å². The molecule has 7 nitrogen and oxygen atoms in total. The number of piperidine rings is 1. The van der Waals surface area contributed by atoms with Crippen LogP contribution in [0.1, 0.15) is 30.1 Å². The molecule has 0 saturated carbocycles. The Hall–Kier alpha value is -2.45. The summed E-state index contributed by atoms with van der Waals surface area (Å²) in [5.74, 6) is -0.347. The highest BCUT2D eigenvalue weighted by atomic mass is 32.2. The monoisotopic (exact) mass is 401 g/mol. The van der Waals surface area contributed by atoms with Gasteiger partial charge in [0, 0.05) is 47.6 Å². The van der Waals surface area contributed by atoms with Gasteiger partial charge in [-0.2, -0.15) is 0 Å². The molecule has 2 aliphatic rings. The second-order valence-electron chi connectivity index (χ2n) is 7.34. The van der Waals surface area contributed by atoms with E-state index in [1.165, 1.54) is 10.6 Å². The third-order valence-electron chi connectivity index (χ3n) is 5.65. The minimum Gasteiger partial charge on any atom is -0.325 e. The quantitative estimate of drug-likeness (QED) is 0.852. The molecule has 28 heavy (non-hydrogen) atoms. The van der Waals surface area contributed by atoms with Crippen LogP contribution in [0.15, 0.2) is 30.3 Å². The van der Waals surface area contributed by atoms with Gasteiger partial charge in [-0.05, 0) is 38.0 Å². The number of carbonyl (C=O) groups excluding carboxylic acids is 2. The maximum absolute atomic E-state index is 12.8. The highest BCUT2D eigenvalue weighted by Gasteiger charge is 2.31. The van der Waals surface area contributed by atoms with Gasteiger partial charge >= 0.3 is 0 Å². The summed E-state index contributed by atoms with van der Waals surface area (Å²) in [5.41, 5.74) is 2.21. The van der Waals surface area contributed by atoms with E-state index in [2.05, 4.69) is 5.32 Å². The highest BCUT2D eigenvalue weighted by molar-refractivity contribution is 7.88. The van der Waals surface area contributed by atoms with Crippen LogP contribution >= 0.6 is 0 Å². The van der Waals surface area contributed by atoms with Gasteiger partial charge in [0.1, 0.15) is 0 Å². The third-order valence-corrected chi connectivity index (χ3v) is 6.96. The molecule has 0 atom stereocenters. The SMILES string of the molecule is CCN1C(=O)c2cccc3c(NC(=O)C4CCN(S(C)(=O)=O)CC4)ccc1c23. The standard InChI is InChI=1S/C20H23N3O4S/c1-3-23-17-8-7-16(14-5-4-6-15(18(14)17)20(23)25)21-19(24)13-9-11-22(12-10-13)28(2,26)27/h4-8,13H,3,9-12H2,1-2H3,(H,21,24). The number of anilines is 2. The van der Waals surface area contributed by atoms with Crippen molar-refractivity contribution in [2.24, 2.45) is 5.92 Å². The lowest BCUT2D eigenvalue weighted by atomic mass is 9.96. The lowest BCUT2D eigenvalue weighted by Gasteiger charge is -2.29. The number of benzene rings is 2. The molecule has 0 spiro atoms. The van der Waals surface area contributed by atoms with Gasteiger partial charge in [0.15, 0.2) is 0 Å². The van der Waals surface area contributed by atoms with Crippen LogP contribution in [-0.2, 0) is 14.8 Å². The van der Waals surface area contributed by atoms with Crippen LogP contribution in [0.5, 0.6) is 0 Å². The molecule has 1 N–H and O–H groups in total. The van der Waals surface area contributed by atoms with Crippen molar-refractivity contribution in [2.45, 2.75) is 19.8 Å². The molecule has 0 aliphatic carbocycles. The van der Waals surface area contributed by atoms with Crippen LogP contribution < -0.4 is 10.2 Å². The zero-order valence-electron chi connectivity index (χ0n) is 15.9. The number of carbonyl (C=O) groups is 2. The predicted octanol–water partition coefficient (Wildman–Crippen LogP) is 2.43. The smallest absolute Gasteiger partial charge is 0.258 e. The normalized spacial score (nSPS) is 18.1. The number of hydrogen-bond acceptors (Lipinski definition) is 4. The largest absolute Gasteiger partial charge is 0.325 e. The van der Waals surface area contributed by atoms with Gasteiger partial charge in [0.05, 0.1) is 11.9 Å². The van der Waals surface area contributed by atoms with Crippen LogP contribution in [0.25, 0.3) is 10.8 Å². The van der Waals surface area contributed by atoms with Crippen molar-refractivity contribution in [2.75, 3.05) is 36.1 Å². The number of nitrogens with one attached hydrogen (secondary N) is 1. The van der Waals surface area contributed by atoms with Crippen molar-refractivity contribution >= 4 is 44.0 Å². The molecule has 8 heteroatoms. The molecule has 4 rings (SSSR count). The topological polar surface area (TPSA) is 86.8 Å². The van der Waals surface area contributed by atoms with Gasteiger partial charge in [-0.1, -0.05) is 12.1 Å². The van der Waals surface area contributed by atoms with Crippen molar-refractivity contribution in [1.29, 1.82) is 0 Å². The van der Waals surface area contributed by atoms with Crippen LogP contribution in [0.3, 0.4) is 0 Å². The first-order chi connectivity index (χ1) is 13.3. The predicted molar refractivity (Wildman–Crippen MR) is 109 cm³/mol. The van der Waals surface area contributed by atoms with Gasteiger partial charge in [-0.25, -0.2) is 12.7 Å². The van der Waals surface area contributed by atoms with E-state index in [1.807, 2.05) is 37.3 Å². The molecule has 0 radical (unpaired) electrons. The van der Waals surface area contributed by atoms with Crippen molar-refractivity contribution in [3.8, 4) is 0 Å². The summed E-state index contributed by atoms with van der Waals surface area (Å²) in [7, 11) is -3.21. The molecule has 0 aromatic heterocycles. The van der Waals surface area contributed by atoms with E-state index in [0.29, 0.717) is 43.7 Å². The summed E-state index contributed by atoms with van der Waals surface area (Å²) < 4.78 is 24.7. The van der Waals surface area contributed by atoms with E-state index in [4.69, 9.17) is 0 Å². The van der Waals surface area contributed by atoms with E-state index in [-0.39, 0.29) is 17.7 Å². The number of nitrogens with zero attached hydrogens (tertiary/aromatic N) is 2. The van der Waals surface area contributed by atoms with Crippen LogP contribution in [-0.4, -0.2) is 50.4 Å². The Labute approximate surface area is 164 Å². The summed E-state index contributed by atoms with van der Waals surface area (Å²) in [6, 6.07) is 9.28. The summed E-state index contributed by atoms with van der Waals surface area (Å²) >= 11 is 0. The van der Waals surface area contributed by atoms with E-state index < -0.39 is 10.0 Å². The molecule has 0 bridgehead atoms. The average Bonchev–Trinajstić information content (AvgIpc) is 2.96. The second kappa shape index (κ2) is 6.86. The minimum atomic E-state index is -3.21. The first-order valence-electron chi connectivity index (χ1n) is 9.45. The molecule has 2 aliphatic heterocycles. The minimum absolute atomic E-state index is 0.0141. The lowest BCUT2D eigenvalue weighted by molar-refractivity contribution is -0.120. The summed E-state index contributed by atoms with van der Waals surface area (Å²) in [6.07, 6.45) is 2.20. The molecule has 2 aromatic carbocycles. The summed E-state index contributed by atoms with van der Waals surface area (Å²) in [5, 5.41) is 4.72. The van der Waals surface area contributed by atoms with E-state index in [9.17, 15) is 18.0 Å². The molecule has 2 aromatic rings. The van der Waals surface area contributed by atoms with Crippen molar-refractivity contribution in [3.63, 3.8) is 0 Å². The fourth-order valence-electron chi connectivity index (χ4n) is 4.15.